The standard InChI is InChI=1S/C14H20BrF2NO2/c1-3-18-12(6-7-20-9-14(16)17)11-8-10(15)4-5-13(11)19-2/h4-5,8,12,14,18H,3,6-7,9H2,1-2H3. The van der Waals surface area contributed by atoms with Crippen molar-refractivity contribution < 1.29 is 18.3 Å². The molecule has 0 aliphatic heterocycles. The van der Waals surface area contributed by atoms with E-state index >= 15 is 0 Å². The molecule has 0 aliphatic carbocycles. The van der Waals surface area contributed by atoms with Gasteiger partial charge in [-0.3, -0.25) is 0 Å². The molecule has 0 fully saturated rings. The summed E-state index contributed by atoms with van der Waals surface area (Å²) in [5.74, 6) is 0.771. The Morgan fingerprint density at radius 3 is 2.70 bits per heavy atom. The van der Waals surface area contributed by atoms with E-state index in [1.807, 2.05) is 25.1 Å². The highest BCUT2D eigenvalue weighted by molar-refractivity contribution is 9.10. The Kier molecular flexibility index (Phi) is 8.02. The largest absolute Gasteiger partial charge is 0.496 e. The first-order valence-corrected chi connectivity index (χ1v) is 7.30. The van der Waals surface area contributed by atoms with E-state index in [9.17, 15) is 8.78 Å². The normalized spacial score (nSPS) is 12.7. The molecular weight excluding hydrogens is 332 g/mol. The molecule has 1 N–H and O–H groups in total. The second kappa shape index (κ2) is 9.26. The maximum atomic E-state index is 12.0. The minimum Gasteiger partial charge on any atom is -0.496 e. The van der Waals surface area contributed by atoms with E-state index in [-0.39, 0.29) is 12.6 Å². The quantitative estimate of drug-likeness (QED) is 0.686. The van der Waals surface area contributed by atoms with E-state index in [2.05, 4.69) is 21.2 Å². The number of benzene rings is 1. The van der Waals surface area contributed by atoms with Crippen LogP contribution in [0.25, 0.3) is 0 Å². The van der Waals surface area contributed by atoms with Crippen molar-refractivity contribution in [1.29, 1.82) is 0 Å². The topological polar surface area (TPSA) is 30.5 Å². The van der Waals surface area contributed by atoms with Crippen LogP contribution in [0, 0.1) is 0 Å². The van der Waals surface area contributed by atoms with Gasteiger partial charge in [-0.15, -0.1) is 0 Å². The Balaban J connectivity index is 2.71. The lowest BCUT2D eigenvalue weighted by atomic mass is 10.0. The number of methoxy groups -OCH3 is 1. The fourth-order valence-electron chi connectivity index (χ4n) is 1.97. The molecule has 20 heavy (non-hydrogen) atoms. The summed E-state index contributed by atoms with van der Waals surface area (Å²) in [5, 5.41) is 3.32. The molecule has 0 bridgehead atoms. The summed E-state index contributed by atoms with van der Waals surface area (Å²) in [6, 6.07) is 5.76. The summed E-state index contributed by atoms with van der Waals surface area (Å²) in [5.41, 5.74) is 0.990. The minimum absolute atomic E-state index is 0.00474. The van der Waals surface area contributed by atoms with E-state index in [0.29, 0.717) is 6.42 Å². The van der Waals surface area contributed by atoms with Crippen LogP contribution in [0.15, 0.2) is 22.7 Å². The molecule has 1 rings (SSSR count). The number of hydrogen-bond donors (Lipinski definition) is 1. The number of halogens is 3. The van der Waals surface area contributed by atoms with Gasteiger partial charge in [0.25, 0.3) is 6.43 Å². The third kappa shape index (κ3) is 5.73. The van der Waals surface area contributed by atoms with Crippen LogP contribution in [-0.2, 0) is 4.74 Å². The summed E-state index contributed by atoms with van der Waals surface area (Å²) >= 11 is 3.43. The molecule has 0 heterocycles. The lowest BCUT2D eigenvalue weighted by Crippen LogP contribution is -2.23. The molecule has 0 spiro atoms. The average molecular weight is 352 g/mol. The van der Waals surface area contributed by atoms with Gasteiger partial charge in [0, 0.05) is 22.7 Å². The van der Waals surface area contributed by atoms with Crippen LogP contribution in [0.2, 0.25) is 0 Å². The fraction of sp³-hybridized carbons (Fsp3) is 0.571. The summed E-state index contributed by atoms with van der Waals surface area (Å²) in [6.07, 6.45) is -1.82. The first-order valence-electron chi connectivity index (χ1n) is 6.51. The lowest BCUT2D eigenvalue weighted by Gasteiger charge is -2.21. The molecule has 0 saturated carbocycles. The van der Waals surface area contributed by atoms with Crippen molar-refractivity contribution in [3.8, 4) is 5.75 Å². The molecule has 0 radical (unpaired) electrons. The monoisotopic (exact) mass is 351 g/mol. The molecule has 0 aliphatic rings. The Morgan fingerprint density at radius 1 is 1.35 bits per heavy atom. The summed E-state index contributed by atoms with van der Waals surface area (Å²) < 4.78 is 35.3. The maximum absolute atomic E-state index is 12.0. The Hall–Kier alpha value is -0.720. The molecule has 0 amide bonds. The van der Waals surface area contributed by atoms with E-state index < -0.39 is 13.0 Å². The van der Waals surface area contributed by atoms with Gasteiger partial charge in [0.2, 0.25) is 0 Å². The minimum atomic E-state index is -2.42. The molecule has 114 valence electrons. The predicted molar refractivity (Wildman–Crippen MR) is 78.6 cm³/mol. The molecule has 1 aromatic carbocycles. The molecule has 6 heteroatoms. The second-order valence-corrected chi connectivity index (χ2v) is 5.17. The Morgan fingerprint density at radius 2 is 2.10 bits per heavy atom. The highest BCUT2D eigenvalue weighted by Gasteiger charge is 2.16. The molecule has 3 nitrogen and oxygen atoms in total. The zero-order valence-corrected chi connectivity index (χ0v) is 13.3. The van der Waals surface area contributed by atoms with Crippen molar-refractivity contribution >= 4 is 15.9 Å². The smallest absolute Gasteiger partial charge is 0.261 e. The highest BCUT2D eigenvalue weighted by Crippen LogP contribution is 2.30. The van der Waals surface area contributed by atoms with Crippen LogP contribution in [-0.4, -0.2) is 33.3 Å². The van der Waals surface area contributed by atoms with Crippen molar-refractivity contribution in [2.24, 2.45) is 0 Å². The predicted octanol–water partition coefficient (Wildman–Crippen LogP) is 3.78. The fourth-order valence-corrected chi connectivity index (χ4v) is 2.34. The zero-order valence-electron chi connectivity index (χ0n) is 11.7. The molecule has 0 aromatic heterocycles. The second-order valence-electron chi connectivity index (χ2n) is 4.25. The molecule has 1 atom stereocenters. The first-order chi connectivity index (χ1) is 9.58. The van der Waals surface area contributed by atoms with Gasteiger partial charge in [0.05, 0.1) is 7.11 Å². The molecular formula is C14H20BrF2NO2. The van der Waals surface area contributed by atoms with Crippen LogP contribution in [0.1, 0.15) is 24.9 Å². The first kappa shape index (κ1) is 17.3. The summed E-state index contributed by atoms with van der Waals surface area (Å²) in [6.45, 7) is 2.53. The van der Waals surface area contributed by atoms with Crippen LogP contribution in [0.4, 0.5) is 8.78 Å². The van der Waals surface area contributed by atoms with Gasteiger partial charge in [-0.2, -0.15) is 0 Å². The van der Waals surface area contributed by atoms with Gasteiger partial charge >= 0.3 is 0 Å². The van der Waals surface area contributed by atoms with Gasteiger partial charge in [0.1, 0.15) is 12.4 Å². The molecule has 1 aromatic rings. The third-order valence-electron chi connectivity index (χ3n) is 2.81. The highest BCUT2D eigenvalue weighted by atomic mass is 79.9. The van der Waals surface area contributed by atoms with E-state index in [4.69, 9.17) is 9.47 Å². The van der Waals surface area contributed by atoms with Crippen molar-refractivity contribution in [2.75, 3.05) is 26.9 Å². The maximum Gasteiger partial charge on any atom is 0.261 e. The Labute approximate surface area is 126 Å². The number of hydrogen-bond acceptors (Lipinski definition) is 3. The van der Waals surface area contributed by atoms with Crippen molar-refractivity contribution in [3.63, 3.8) is 0 Å². The van der Waals surface area contributed by atoms with Crippen LogP contribution in [0.5, 0.6) is 5.75 Å². The zero-order chi connectivity index (χ0) is 15.0. The van der Waals surface area contributed by atoms with Crippen LogP contribution in [0.3, 0.4) is 0 Å². The van der Waals surface area contributed by atoms with Crippen molar-refractivity contribution in [2.45, 2.75) is 25.8 Å². The molecule has 0 saturated heterocycles. The van der Waals surface area contributed by atoms with Gasteiger partial charge < -0.3 is 14.8 Å². The van der Waals surface area contributed by atoms with Crippen LogP contribution < -0.4 is 10.1 Å². The number of rotatable bonds is 9. The van der Waals surface area contributed by atoms with Gasteiger partial charge in [-0.25, -0.2) is 8.78 Å². The van der Waals surface area contributed by atoms with E-state index in [1.165, 1.54) is 0 Å². The third-order valence-corrected chi connectivity index (χ3v) is 3.31. The Bertz CT molecular complexity index is 405. The number of ether oxygens (including phenoxy) is 2. The van der Waals surface area contributed by atoms with Gasteiger partial charge in [-0.05, 0) is 31.2 Å². The van der Waals surface area contributed by atoms with Crippen LogP contribution >= 0.6 is 15.9 Å². The lowest BCUT2D eigenvalue weighted by molar-refractivity contribution is 0.0143. The van der Waals surface area contributed by atoms with Crippen molar-refractivity contribution in [3.05, 3.63) is 28.2 Å². The van der Waals surface area contributed by atoms with Crippen molar-refractivity contribution in [1.82, 2.24) is 5.32 Å². The SMILES string of the molecule is CCNC(CCOCC(F)F)c1cc(Br)ccc1OC. The van der Waals surface area contributed by atoms with E-state index in [1.54, 1.807) is 7.11 Å². The average Bonchev–Trinajstić information content (AvgIpc) is 2.42. The van der Waals surface area contributed by atoms with E-state index in [0.717, 1.165) is 22.3 Å². The summed E-state index contributed by atoms with van der Waals surface area (Å²) in [4.78, 5) is 0. The van der Waals surface area contributed by atoms with Gasteiger partial charge in [0.15, 0.2) is 0 Å². The number of nitrogens with one attached hydrogen (secondary N) is 1. The number of alkyl halides is 2. The van der Waals surface area contributed by atoms with Gasteiger partial charge in [-0.1, -0.05) is 22.9 Å². The summed E-state index contributed by atoms with van der Waals surface area (Å²) in [7, 11) is 1.61. The molecule has 1 unspecified atom stereocenters.